The molecule has 0 spiro atoms. The monoisotopic (exact) mass is 339 g/mol. The zero-order chi connectivity index (χ0) is 16.5. The van der Waals surface area contributed by atoms with E-state index in [1.165, 1.54) is 22.2 Å². The number of benzene rings is 1. The lowest BCUT2D eigenvalue weighted by Gasteiger charge is -2.15. The van der Waals surface area contributed by atoms with Gasteiger partial charge in [0, 0.05) is 18.0 Å². The second kappa shape index (κ2) is 6.20. The molecule has 0 bridgehead atoms. The molecule has 6 heteroatoms. The molecule has 1 amide bonds. The second-order valence-electron chi connectivity index (χ2n) is 5.96. The molecule has 2 aromatic heterocycles. The van der Waals surface area contributed by atoms with Gasteiger partial charge in [-0.15, -0.1) is 11.3 Å². The third-order valence-electron chi connectivity index (χ3n) is 4.34. The molecule has 3 heterocycles. The first-order valence-corrected chi connectivity index (χ1v) is 8.86. The van der Waals surface area contributed by atoms with Crippen LogP contribution in [0.25, 0.3) is 20.7 Å². The minimum Gasteiger partial charge on any atom is -0.341 e. The van der Waals surface area contributed by atoms with Crippen LogP contribution < -0.4 is 5.56 Å². The number of nitrogens with zero attached hydrogens (tertiary/aromatic N) is 3. The van der Waals surface area contributed by atoms with Crippen molar-refractivity contribution in [3.8, 4) is 10.4 Å². The van der Waals surface area contributed by atoms with E-state index in [1.807, 2.05) is 41.3 Å². The lowest BCUT2D eigenvalue weighted by atomic mass is 10.2. The predicted molar refractivity (Wildman–Crippen MR) is 95.1 cm³/mol. The standard InChI is InChI=1S/C18H17N3O2S/c22-16(20-8-4-5-9-20)11-21-12-19-17-14(18(21)23)10-15(24-17)13-6-2-1-3-7-13/h1-3,6-7,10,12H,4-5,8-9,11H2. The molecule has 0 radical (unpaired) electrons. The zero-order valence-corrected chi connectivity index (χ0v) is 14.0. The summed E-state index contributed by atoms with van der Waals surface area (Å²) < 4.78 is 1.42. The summed E-state index contributed by atoms with van der Waals surface area (Å²) in [5.74, 6) is -0.00531. The van der Waals surface area contributed by atoms with E-state index in [-0.39, 0.29) is 18.0 Å². The molecule has 1 fully saturated rings. The van der Waals surface area contributed by atoms with Gasteiger partial charge in [0.1, 0.15) is 11.4 Å². The minimum absolute atomic E-state index is 0.00531. The van der Waals surface area contributed by atoms with Crippen molar-refractivity contribution in [2.24, 2.45) is 0 Å². The molecule has 1 aliphatic heterocycles. The summed E-state index contributed by atoms with van der Waals surface area (Å²) >= 11 is 1.50. The lowest BCUT2D eigenvalue weighted by molar-refractivity contribution is -0.130. The molecule has 0 aliphatic carbocycles. The Kier molecular flexibility index (Phi) is 3.90. The predicted octanol–water partition coefficient (Wildman–Crippen LogP) is 2.75. The number of rotatable bonds is 3. The van der Waals surface area contributed by atoms with Gasteiger partial charge in [-0.2, -0.15) is 0 Å². The molecule has 4 rings (SSSR count). The van der Waals surface area contributed by atoms with Gasteiger partial charge in [-0.3, -0.25) is 14.2 Å². The molecule has 0 saturated carbocycles. The fourth-order valence-corrected chi connectivity index (χ4v) is 4.02. The van der Waals surface area contributed by atoms with Crippen LogP contribution in [0, 0.1) is 0 Å². The third-order valence-corrected chi connectivity index (χ3v) is 5.43. The summed E-state index contributed by atoms with van der Waals surface area (Å²) in [6, 6.07) is 11.8. The number of carbonyl (C=O) groups excluding carboxylic acids is 1. The average Bonchev–Trinajstić information content (AvgIpc) is 3.28. The van der Waals surface area contributed by atoms with E-state index in [2.05, 4.69) is 4.98 Å². The summed E-state index contributed by atoms with van der Waals surface area (Å²) in [6.07, 6.45) is 3.58. The van der Waals surface area contributed by atoms with Crippen LogP contribution in [0.5, 0.6) is 0 Å². The summed E-state index contributed by atoms with van der Waals surface area (Å²) in [6.45, 7) is 1.65. The Hall–Kier alpha value is -2.47. The van der Waals surface area contributed by atoms with Crippen molar-refractivity contribution < 1.29 is 4.79 Å². The maximum absolute atomic E-state index is 12.7. The third kappa shape index (κ3) is 2.73. The Balaban J connectivity index is 1.67. The van der Waals surface area contributed by atoms with Gasteiger partial charge in [-0.05, 0) is 24.5 Å². The number of hydrogen-bond acceptors (Lipinski definition) is 4. The Morgan fingerprint density at radius 2 is 1.92 bits per heavy atom. The van der Waals surface area contributed by atoms with Crippen molar-refractivity contribution in [1.82, 2.24) is 14.5 Å². The number of fused-ring (bicyclic) bond motifs is 1. The van der Waals surface area contributed by atoms with Crippen LogP contribution in [0.4, 0.5) is 0 Å². The van der Waals surface area contributed by atoms with Crippen molar-refractivity contribution in [3.05, 3.63) is 53.1 Å². The number of likely N-dealkylation sites (tertiary alicyclic amines) is 1. The average molecular weight is 339 g/mol. The molecular weight excluding hydrogens is 322 g/mol. The molecule has 1 aromatic carbocycles. The van der Waals surface area contributed by atoms with Crippen molar-refractivity contribution in [3.63, 3.8) is 0 Å². The Morgan fingerprint density at radius 3 is 2.67 bits per heavy atom. The zero-order valence-electron chi connectivity index (χ0n) is 13.1. The molecule has 1 saturated heterocycles. The van der Waals surface area contributed by atoms with Gasteiger partial charge in [0.25, 0.3) is 5.56 Å². The smallest absolute Gasteiger partial charge is 0.262 e. The van der Waals surface area contributed by atoms with Crippen molar-refractivity contribution >= 4 is 27.5 Å². The van der Waals surface area contributed by atoms with E-state index in [4.69, 9.17) is 0 Å². The second-order valence-corrected chi connectivity index (χ2v) is 6.99. The van der Waals surface area contributed by atoms with Crippen LogP contribution in [-0.2, 0) is 11.3 Å². The molecule has 24 heavy (non-hydrogen) atoms. The van der Waals surface area contributed by atoms with Crippen LogP contribution in [-0.4, -0.2) is 33.4 Å². The highest BCUT2D eigenvalue weighted by atomic mass is 32.1. The maximum atomic E-state index is 12.7. The summed E-state index contributed by atoms with van der Waals surface area (Å²) in [5.41, 5.74) is 0.922. The SMILES string of the molecule is O=C(Cn1cnc2sc(-c3ccccc3)cc2c1=O)N1CCCC1. The molecule has 3 aromatic rings. The summed E-state index contributed by atoms with van der Waals surface area (Å²) in [5, 5.41) is 0.579. The number of amides is 1. The molecule has 0 atom stereocenters. The van der Waals surface area contributed by atoms with Gasteiger partial charge >= 0.3 is 0 Å². The van der Waals surface area contributed by atoms with Gasteiger partial charge in [-0.1, -0.05) is 30.3 Å². The number of thiophene rings is 1. The fourth-order valence-electron chi connectivity index (χ4n) is 3.03. The topological polar surface area (TPSA) is 55.2 Å². The van der Waals surface area contributed by atoms with Gasteiger partial charge in [0.05, 0.1) is 11.7 Å². The quantitative estimate of drug-likeness (QED) is 0.737. The van der Waals surface area contributed by atoms with E-state index in [0.717, 1.165) is 36.4 Å². The highest BCUT2D eigenvalue weighted by Gasteiger charge is 2.19. The Morgan fingerprint density at radius 1 is 1.17 bits per heavy atom. The van der Waals surface area contributed by atoms with Gasteiger partial charge in [-0.25, -0.2) is 4.98 Å². The fraction of sp³-hybridized carbons (Fsp3) is 0.278. The molecule has 0 N–H and O–H groups in total. The highest BCUT2D eigenvalue weighted by Crippen LogP contribution is 2.30. The first-order valence-electron chi connectivity index (χ1n) is 8.04. The minimum atomic E-state index is -0.147. The molecule has 1 aliphatic rings. The van der Waals surface area contributed by atoms with E-state index in [1.54, 1.807) is 0 Å². The first-order chi connectivity index (χ1) is 11.7. The largest absolute Gasteiger partial charge is 0.341 e. The van der Waals surface area contributed by atoms with E-state index in [0.29, 0.717) is 10.2 Å². The van der Waals surface area contributed by atoms with Crippen LogP contribution in [0.3, 0.4) is 0 Å². The Bertz CT molecular complexity index is 940. The number of hydrogen-bond donors (Lipinski definition) is 0. The number of carbonyl (C=O) groups is 1. The van der Waals surface area contributed by atoms with Gasteiger partial charge in [0.2, 0.25) is 5.91 Å². The number of aromatic nitrogens is 2. The summed E-state index contributed by atoms with van der Waals surface area (Å²) in [7, 11) is 0. The highest BCUT2D eigenvalue weighted by molar-refractivity contribution is 7.21. The van der Waals surface area contributed by atoms with Crippen LogP contribution in [0.1, 0.15) is 12.8 Å². The van der Waals surface area contributed by atoms with Crippen molar-refractivity contribution in [1.29, 1.82) is 0 Å². The normalized spacial score (nSPS) is 14.4. The van der Waals surface area contributed by atoms with E-state index >= 15 is 0 Å². The molecule has 5 nitrogen and oxygen atoms in total. The van der Waals surface area contributed by atoms with Gasteiger partial charge < -0.3 is 4.90 Å². The van der Waals surface area contributed by atoms with Crippen LogP contribution in [0.2, 0.25) is 0 Å². The van der Waals surface area contributed by atoms with Crippen molar-refractivity contribution in [2.75, 3.05) is 13.1 Å². The van der Waals surface area contributed by atoms with Gasteiger partial charge in [0.15, 0.2) is 0 Å². The van der Waals surface area contributed by atoms with Crippen LogP contribution >= 0.6 is 11.3 Å². The lowest BCUT2D eigenvalue weighted by Crippen LogP contribution is -2.34. The van der Waals surface area contributed by atoms with Crippen molar-refractivity contribution in [2.45, 2.75) is 19.4 Å². The van der Waals surface area contributed by atoms with Crippen LogP contribution in [0.15, 0.2) is 47.5 Å². The molecular formula is C18H17N3O2S. The molecule has 0 unspecified atom stereocenters. The Labute approximate surface area is 143 Å². The van der Waals surface area contributed by atoms with E-state index < -0.39 is 0 Å². The molecule has 122 valence electrons. The maximum Gasteiger partial charge on any atom is 0.262 e. The van der Waals surface area contributed by atoms with E-state index in [9.17, 15) is 9.59 Å². The summed E-state index contributed by atoms with van der Waals surface area (Å²) in [4.78, 5) is 32.9. The first kappa shape index (κ1) is 15.1.